The van der Waals surface area contributed by atoms with E-state index in [1.165, 1.54) is 0 Å². The largest absolute Gasteiger partial charge is 0.297 e. The molecule has 0 saturated heterocycles. The summed E-state index contributed by atoms with van der Waals surface area (Å²) in [5, 5.41) is 0. The molecule has 3 heteroatoms. The van der Waals surface area contributed by atoms with Crippen LogP contribution in [0.25, 0.3) is 16.9 Å². The molecule has 20 heavy (non-hydrogen) atoms. The van der Waals surface area contributed by atoms with Gasteiger partial charge in [-0.25, -0.2) is 4.98 Å². The van der Waals surface area contributed by atoms with Gasteiger partial charge in [0.1, 0.15) is 17.0 Å². The molecule has 0 saturated carbocycles. The fraction of sp³-hybridized carbons (Fsp3) is 0.176. The number of aromatic nitrogens is 2. The lowest BCUT2D eigenvalue weighted by atomic mass is 10.0. The Morgan fingerprint density at radius 1 is 1.10 bits per heavy atom. The molecular formula is C17H16N2O. The van der Waals surface area contributed by atoms with Crippen molar-refractivity contribution in [3.63, 3.8) is 0 Å². The fourth-order valence-electron chi connectivity index (χ4n) is 2.52. The van der Waals surface area contributed by atoms with Crippen LogP contribution >= 0.6 is 0 Å². The molecule has 0 amide bonds. The van der Waals surface area contributed by atoms with E-state index in [0.717, 1.165) is 39.9 Å². The molecule has 3 aromatic rings. The topological polar surface area (TPSA) is 34.4 Å². The summed E-state index contributed by atoms with van der Waals surface area (Å²) in [6.07, 6.45) is 2.77. The van der Waals surface area contributed by atoms with Crippen LogP contribution in [0.5, 0.6) is 0 Å². The van der Waals surface area contributed by atoms with Crippen LogP contribution in [0.15, 0.2) is 36.5 Å². The van der Waals surface area contributed by atoms with Gasteiger partial charge in [-0.3, -0.25) is 9.20 Å². The first-order chi connectivity index (χ1) is 9.61. The Morgan fingerprint density at radius 2 is 1.90 bits per heavy atom. The minimum atomic E-state index is 0.609. The summed E-state index contributed by atoms with van der Waals surface area (Å²) in [6.45, 7) is 6.09. The lowest BCUT2D eigenvalue weighted by molar-refractivity contribution is 0.111. The van der Waals surface area contributed by atoms with E-state index in [1.807, 2.05) is 43.5 Å². The van der Waals surface area contributed by atoms with Crippen LogP contribution in [0.1, 0.15) is 27.2 Å². The Morgan fingerprint density at radius 3 is 2.65 bits per heavy atom. The first kappa shape index (κ1) is 12.6. The molecule has 3 nitrogen and oxygen atoms in total. The molecule has 0 aliphatic heterocycles. The van der Waals surface area contributed by atoms with Crippen molar-refractivity contribution in [2.24, 2.45) is 0 Å². The third-order valence-electron chi connectivity index (χ3n) is 3.64. The molecule has 1 aromatic carbocycles. The summed E-state index contributed by atoms with van der Waals surface area (Å²) in [5.41, 5.74) is 6.58. The molecule has 0 atom stereocenters. The number of pyridine rings is 1. The third kappa shape index (κ3) is 1.83. The molecule has 0 N–H and O–H groups in total. The Bertz CT molecular complexity index is 815. The van der Waals surface area contributed by atoms with Crippen molar-refractivity contribution >= 4 is 11.9 Å². The van der Waals surface area contributed by atoms with E-state index in [1.54, 1.807) is 0 Å². The molecule has 3 rings (SSSR count). The van der Waals surface area contributed by atoms with Gasteiger partial charge in [0.15, 0.2) is 6.29 Å². The van der Waals surface area contributed by atoms with Crippen LogP contribution in [-0.4, -0.2) is 15.7 Å². The summed E-state index contributed by atoms with van der Waals surface area (Å²) in [6, 6.07) is 10.2. The SMILES string of the molecule is Cc1ccc(C)c(-c2nc3c(C)cccn3c2C=O)c1. The first-order valence-corrected chi connectivity index (χ1v) is 6.62. The maximum atomic E-state index is 11.5. The summed E-state index contributed by atoms with van der Waals surface area (Å²) in [5.74, 6) is 0. The second-order valence-electron chi connectivity index (χ2n) is 5.17. The zero-order chi connectivity index (χ0) is 14.3. The lowest BCUT2D eigenvalue weighted by Gasteiger charge is -2.05. The van der Waals surface area contributed by atoms with Crippen molar-refractivity contribution in [2.45, 2.75) is 20.8 Å². The first-order valence-electron chi connectivity index (χ1n) is 6.62. The Kier molecular flexibility index (Phi) is 2.90. The van der Waals surface area contributed by atoms with Gasteiger partial charge in [-0.2, -0.15) is 0 Å². The van der Waals surface area contributed by atoms with Gasteiger partial charge in [0.05, 0.1) is 0 Å². The summed E-state index contributed by atoms with van der Waals surface area (Å²) >= 11 is 0. The van der Waals surface area contributed by atoms with Crippen molar-refractivity contribution < 1.29 is 4.79 Å². The Labute approximate surface area is 117 Å². The summed E-state index contributed by atoms with van der Waals surface area (Å²) in [4.78, 5) is 16.2. The minimum absolute atomic E-state index is 0.609. The van der Waals surface area contributed by atoms with E-state index in [-0.39, 0.29) is 0 Å². The second kappa shape index (κ2) is 4.60. The molecular weight excluding hydrogens is 248 g/mol. The van der Waals surface area contributed by atoms with Crippen LogP contribution in [0.2, 0.25) is 0 Å². The van der Waals surface area contributed by atoms with E-state index in [0.29, 0.717) is 5.69 Å². The van der Waals surface area contributed by atoms with Crippen LogP contribution in [0.4, 0.5) is 0 Å². The molecule has 0 bridgehead atoms. The maximum Gasteiger partial charge on any atom is 0.169 e. The highest BCUT2D eigenvalue weighted by molar-refractivity contribution is 5.87. The van der Waals surface area contributed by atoms with Crippen LogP contribution in [0, 0.1) is 20.8 Å². The number of carbonyl (C=O) groups is 1. The normalized spacial score (nSPS) is 10.9. The number of fused-ring (bicyclic) bond motifs is 1. The number of imidazole rings is 1. The molecule has 0 aliphatic rings. The van der Waals surface area contributed by atoms with E-state index in [2.05, 4.69) is 23.2 Å². The maximum absolute atomic E-state index is 11.5. The highest BCUT2D eigenvalue weighted by Crippen LogP contribution is 2.28. The van der Waals surface area contributed by atoms with Crippen molar-refractivity contribution in [3.8, 4) is 11.3 Å². The average molecular weight is 264 g/mol. The third-order valence-corrected chi connectivity index (χ3v) is 3.64. The number of rotatable bonds is 2. The molecule has 0 spiro atoms. The Hall–Kier alpha value is -2.42. The van der Waals surface area contributed by atoms with Gasteiger partial charge in [-0.05, 0) is 44.0 Å². The highest BCUT2D eigenvalue weighted by Gasteiger charge is 2.16. The van der Waals surface area contributed by atoms with Gasteiger partial charge >= 0.3 is 0 Å². The monoisotopic (exact) mass is 264 g/mol. The van der Waals surface area contributed by atoms with Gasteiger partial charge < -0.3 is 0 Å². The number of aryl methyl sites for hydroxylation is 3. The van der Waals surface area contributed by atoms with Gasteiger partial charge in [0.25, 0.3) is 0 Å². The number of benzene rings is 1. The number of aldehydes is 1. The van der Waals surface area contributed by atoms with Crippen molar-refractivity contribution in [1.82, 2.24) is 9.38 Å². The summed E-state index contributed by atoms with van der Waals surface area (Å²) in [7, 11) is 0. The molecule has 0 unspecified atom stereocenters. The van der Waals surface area contributed by atoms with Crippen molar-refractivity contribution in [1.29, 1.82) is 0 Å². The predicted octanol–water partition coefficient (Wildman–Crippen LogP) is 3.74. The van der Waals surface area contributed by atoms with Crippen LogP contribution in [0.3, 0.4) is 0 Å². The summed E-state index contributed by atoms with van der Waals surface area (Å²) < 4.78 is 1.86. The van der Waals surface area contributed by atoms with Gasteiger partial charge in [-0.1, -0.05) is 23.8 Å². The number of carbonyl (C=O) groups excluding carboxylic acids is 1. The van der Waals surface area contributed by atoms with Crippen LogP contribution < -0.4 is 0 Å². The molecule has 0 aliphatic carbocycles. The van der Waals surface area contributed by atoms with Crippen molar-refractivity contribution in [3.05, 3.63) is 58.9 Å². The van der Waals surface area contributed by atoms with E-state index in [4.69, 9.17) is 0 Å². The lowest BCUT2D eigenvalue weighted by Crippen LogP contribution is -1.94. The number of hydrogen-bond acceptors (Lipinski definition) is 2. The highest BCUT2D eigenvalue weighted by atomic mass is 16.1. The molecule has 2 heterocycles. The van der Waals surface area contributed by atoms with Gasteiger partial charge in [0.2, 0.25) is 0 Å². The van der Waals surface area contributed by atoms with Gasteiger partial charge in [-0.15, -0.1) is 0 Å². The molecule has 0 fully saturated rings. The van der Waals surface area contributed by atoms with E-state index in [9.17, 15) is 4.79 Å². The van der Waals surface area contributed by atoms with E-state index >= 15 is 0 Å². The van der Waals surface area contributed by atoms with Gasteiger partial charge in [0, 0.05) is 11.8 Å². The van der Waals surface area contributed by atoms with E-state index < -0.39 is 0 Å². The molecule has 100 valence electrons. The fourth-order valence-corrected chi connectivity index (χ4v) is 2.52. The smallest absolute Gasteiger partial charge is 0.169 e. The number of nitrogens with zero attached hydrogens (tertiary/aromatic N) is 2. The zero-order valence-corrected chi connectivity index (χ0v) is 11.8. The zero-order valence-electron chi connectivity index (χ0n) is 11.8. The average Bonchev–Trinajstić information content (AvgIpc) is 2.81. The Balaban J connectivity index is 2.39. The minimum Gasteiger partial charge on any atom is -0.297 e. The molecule has 0 radical (unpaired) electrons. The number of hydrogen-bond donors (Lipinski definition) is 0. The standard InChI is InChI=1S/C17H16N2O/c1-11-6-7-12(2)14(9-11)16-15(10-20)19-8-4-5-13(3)17(19)18-16/h4-10H,1-3H3. The second-order valence-corrected chi connectivity index (χ2v) is 5.17. The molecule has 2 aromatic heterocycles. The van der Waals surface area contributed by atoms with Crippen LogP contribution in [-0.2, 0) is 0 Å². The van der Waals surface area contributed by atoms with Crippen molar-refractivity contribution in [2.75, 3.05) is 0 Å². The predicted molar refractivity (Wildman–Crippen MR) is 80.2 cm³/mol. The quantitative estimate of drug-likeness (QED) is 0.661.